The lowest BCUT2D eigenvalue weighted by molar-refractivity contribution is 0.754. The molecule has 1 N–H and O–H groups in total. The molecule has 0 aliphatic carbocycles. The van der Waals surface area contributed by atoms with Gasteiger partial charge in [0.2, 0.25) is 5.95 Å². The molecule has 1 aromatic carbocycles. The van der Waals surface area contributed by atoms with Crippen LogP contribution in [0.2, 0.25) is 0 Å². The van der Waals surface area contributed by atoms with E-state index in [4.69, 9.17) is 0 Å². The van der Waals surface area contributed by atoms with Crippen LogP contribution in [0.15, 0.2) is 30.5 Å². The number of aryl methyl sites for hydroxylation is 1. The number of rotatable bonds is 6. The first kappa shape index (κ1) is 14.2. The van der Waals surface area contributed by atoms with Gasteiger partial charge >= 0.3 is 0 Å². The zero-order chi connectivity index (χ0) is 14.4. The maximum atomic E-state index is 4.49. The van der Waals surface area contributed by atoms with E-state index in [1.807, 2.05) is 19.2 Å². The molecule has 0 saturated heterocycles. The van der Waals surface area contributed by atoms with E-state index < -0.39 is 0 Å². The van der Waals surface area contributed by atoms with Gasteiger partial charge in [0, 0.05) is 19.3 Å². The number of nitrogens with zero attached hydrogens (tertiary/aromatic N) is 4. The largest absolute Gasteiger partial charge is 0.358 e. The van der Waals surface area contributed by atoms with Gasteiger partial charge in [0.05, 0.1) is 6.20 Å². The first-order valence-corrected chi connectivity index (χ1v) is 6.93. The average molecular weight is 271 g/mol. The maximum Gasteiger partial charge on any atom is 0.249 e. The van der Waals surface area contributed by atoms with Crippen molar-refractivity contribution in [3.8, 4) is 0 Å². The lowest BCUT2D eigenvalue weighted by Gasteiger charge is -2.17. The van der Waals surface area contributed by atoms with Crippen LogP contribution in [0.5, 0.6) is 0 Å². The molecule has 0 fully saturated rings. The first-order chi connectivity index (χ1) is 9.69. The monoisotopic (exact) mass is 271 g/mol. The number of nitrogens with one attached hydrogen (secondary N) is 1. The topological polar surface area (TPSA) is 53.9 Å². The minimum Gasteiger partial charge on any atom is -0.358 e. The molecule has 5 heteroatoms. The summed E-state index contributed by atoms with van der Waals surface area (Å²) >= 11 is 0. The van der Waals surface area contributed by atoms with Gasteiger partial charge in [-0.05, 0) is 31.0 Å². The zero-order valence-electron chi connectivity index (χ0n) is 12.3. The van der Waals surface area contributed by atoms with E-state index in [0.29, 0.717) is 5.95 Å². The molecular formula is C15H21N5. The number of benzene rings is 1. The van der Waals surface area contributed by atoms with Crippen LogP contribution in [0.4, 0.5) is 17.5 Å². The highest BCUT2D eigenvalue weighted by Crippen LogP contribution is 2.16. The number of anilines is 3. The van der Waals surface area contributed by atoms with Crippen molar-refractivity contribution in [1.29, 1.82) is 0 Å². The van der Waals surface area contributed by atoms with Gasteiger partial charge in [0.15, 0.2) is 5.82 Å². The molecule has 106 valence electrons. The van der Waals surface area contributed by atoms with Gasteiger partial charge in [0.25, 0.3) is 0 Å². The van der Waals surface area contributed by atoms with Crippen LogP contribution in [-0.2, 0) is 0 Å². The summed E-state index contributed by atoms with van der Waals surface area (Å²) in [6.45, 7) is 5.20. The van der Waals surface area contributed by atoms with Gasteiger partial charge in [-0.1, -0.05) is 25.5 Å². The van der Waals surface area contributed by atoms with Gasteiger partial charge in [-0.3, -0.25) is 0 Å². The molecule has 20 heavy (non-hydrogen) atoms. The summed E-state index contributed by atoms with van der Waals surface area (Å²) in [5.74, 6) is 1.36. The Morgan fingerprint density at radius 1 is 1.30 bits per heavy atom. The normalized spacial score (nSPS) is 10.3. The maximum absolute atomic E-state index is 4.49. The summed E-state index contributed by atoms with van der Waals surface area (Å²) in [7, 11) is 2.02. The molecule has 0 spiro atoms. The van der Waals surface area contributed by atoms with Crippen LogP contribution in [0.1, 0.15) is 25.3 Å². The van der Waals surface area contributed by atoms with E-state index >= 15 is 0 Å². The Balaban J connectivity index is 2.09. The second-order valence-electron chi connectivity index (χ2n) is 4.91. The Morgan fingerprint density at radius 3 is 2.90 bits per heavy atom. The van der Waals surface area contributed by atoms with E-state index in [9.17, 15) is 0 Å². The summed E-state index contributed by atoms with van der Waals surface area (Å²) in [6.07, 6.45) is 4.00. The molecule has 0 unspecified atom stereocenters. The number of hydrogen-bond donors (Lipinski definition) is 1. The van der Waals surface area contributed by atoms with Crippen molar-refractivity contribution < 1.29 is 0 Å². The third kappa shape index (κ3) is 3.91. The van der Waals surface area contributed by atoms with E-state index in [2.05, 4.69) is 51.4 Å². The minimum atomic E-state index is 0.524. The van der Waals surface area contributed by atoms with E-state index in [-0.39, 0.29) is 0 Å². The molecular weight excluding hydrogens is 250 g/mol. The molecule has 5 nitrogen and oxygen atoms in total. The fourth-order valence-electron chi connectivity index (χ4n) is 1.89. The van der Waals surface area contributed by atoms with E-state index in [1.54, 1.807) is 6.20 Å². The standard InChI is InChI=1S/C15H21N5/c1-4-5-9-20(3)14-11-16-19-15(18-14)17-13-8-6-7-12(2)10-13/h6-8,10-11H,4-5,9H2,1-3H3,(H,17,18,19). The number of unbranched alkanes of at least 4 members (excludes halogenated alkanes) is 1. The Morgan fingerprint density at radius 2 is 2.15 bits per heavy atom. The highest BCUT2D eigenvalue weighted by Gasteiger charge is 2.05. The Kier molecular flexibility index (Phi) is 4.87. The SMILES string of the molecule is CCCCN(C)c1cnnc(Nc2cccc(C)c2)n1. The van der Waals surface area contributed by atoms with Gasteiger partial charge in [-0.15, -0.1) is 5.10 Å². The lowest BCUT2D eigenvalue weighted by atomic mass is 10.2. The fraction of sp³-hybridized carbons (Fsp3) is 0.400. The third-order valence-corrected chi connectivity index (χ3v) is 3.06. The van der Waals surface area contributed by atoms with Crippen molar-refractivity contribution in [1.82, 2.24) is 15.2 Å². The van der Waals surface area contributed by atoms with Crippen molar-refractivity contribution in [2.75, 3.05) is 23.8 Å². The summed E-state index contributed by atoms with van der Waals surface area (Å²) < 4.78 is 0. The fourth-order valence-corrected chi connectivity index (χ4v) is 1.89. The van der Waals surface area contributed by atoms with Gasteiger partial charge in [-0.25, -0.2) is 0 Å². The number of aromatic nitrogens is 3. The summed E-state index contributed by atoms with van der Waals surface area (Å²) in [4.78, 5) is 6.59. The van der Waals surface area contributed by atoms with Crippen LogP contribution in [0, 0.1) is 6.92 Å². The molecule has 2 aromatic rings. The number of hydrogen-bond acceptors (Lipinski definition) is 5. The molecule has 0 saturated carbocycles. The third-order valence-electron chi connectivity index (χ3n) is 3.06. The van der Waals surface area contributed by atoms with Crippen LogP contribution in [0.3, 0.4) is 0 Å². The Labute approximate surface area is 120 Å². The summed E-state index contributed by atoms with van der Waals surface area (Å²) in [6, 6.07) is 8.10. The van der Waals surface area contributed by atoms with Crippen molar-refractivity contribution in [3.05, 3.63) is 36.0 Å². The van der Waals surface area contributed by atoms with E-state index in [1.165, 1.54) is 5.56 Å². The predicted molar refractivity (Wildman–Crippen MR) is 82.5 cm³/mol. The van der Waals surface area contributed by atoms with Crippen molar-refractivity contribution >= 4 is 17.5 Å². The van der Waals surface area contributed by atoms with Gasteiger partial charge in [-0.2, -0.15) is 10.1 Å². The van der Waals surface area contributed by atoms with Crippen molar-refractivity contribution in [2.24, 2.45) is 0 Å². The Hall–Kier alpha value is -2.17. The van der Waals surface area contributed by atoms with Crippen molar-refractivity contribution in [3.63, 3.8) is 0 Å². The zero-order valence-corrected chi connectivity index (χ0v) is 12.3. The first-order valence-electron chi connectivity index (χ1n) is 6.93. The Bertz CT molecular complexity index is 555. The van der Waals surface area contributed by atoms with Gasteiger partial charge < -0.3 is 10.2 Å². The smallest absolute Gasteiger partial charge is 0.249 e. The lowest BCUT2D eigenvalue weighted by Crippen LogP contribution is -2.20. The second kappa shape index (κ2) is 6.84. The molecule has 0 radical (unpaired) electrons. The van der Waals surface area contributed by atoms with E-state index in [0.717, 1.165) is 30.9 Å². The van der Waals surface area contributed by atoms with Crippen LogP contribution < -0.4 is 10.2 Å². The molecule has 1 aromatic heterocycles. The molecule has 2 rings (SSSR count). The summed E-state index contributed by atoms with van der Waals surface area (Å²) in [5.41, 5.74) is 2.17. The van der Waals surface area contributed by atoms with Crippen LogP contribution in [-0.4, -0.2) is 28.8 Å². The average Bonchev–Trinajstić information content (AvgIpc) is 2.45. The second-order valence-corrected chi connectivity index (χ2v) is 4.91. The molecule has 0 bridgehead atoms. The quantitative estimate of drug-likeness (QED) is 0.874. The highest BCUT2D eigenvalue weighted by molar-refractivity contribution is 5.55. The molecule has 1 heterocycles. The van der Waals surface area contributed by atoms with Crippen molar-refractivity contribution in [2.45, 2.75) is 26.7 Å². The van der Waals surface area contributed by atoms with Crippen LogP contribution in [0.25, 0.3) is 0 Å². The van der Waals surface area contributed by atoms with Crippen LogP contribution >= 0.6 is 0 Å². The summed E-state index contributed by atoms with van der Waals surface area (Å²) in [5, 5.41) is 11.2. The molecule has 0 aliphatic heterocycles. The predicted octanol–water partition coefficient (Wildman–Crippen LogP) is 3.16. The van der Waals surface area contributed by atoms with Gasteiger partial charge in [0.1, 0.15) is 0 Å². The minimum absolute atomic E-state index is 0.524. The molecule has 0 amide bonds. The molecule has 0 aliphatic rings. The molecule has 0 atom stereocenters. The highest BCUT2D eigenvalue weighted by atomic mass is 15.3.